The average molecular weight is 280 g/mol. The lowest BCUT2D eigenvalue weighted by Crippen LogP contribution is -2.21. The van der Waals surface area contributed by atoms with E-state index in [-0.39, 0.29) is 5.63 Å². The topological polar surface area (TPSA) is 33.5 Å². The molecule has 0 spiro atoms. The van der Waals surface area contributed by atoms with Gasteiger partial charge in [0.25, 0.3) is 0 Å². The number of benzene rings is 1. The van der Waals surface area contributed by atoms with Gasteiger partial charge in [-0.05, 0) is 32.4 Å². The first-order valence-corrected chi connectivity index (χ1v) is 7.00. The Kier molecular flexibility index (Phi) is 4.15. The predicted molar refractivity (Wildman–Crippen MR) is 80.4 cm³/mol. The van der Waals surface area contributed by atoms with Gasteiger partial charge >= 0.3 is 5.63 Å². The van der Waals surface area contributed by atoms with Crippen LogP contribution in [0.3, 0.4) is 0 Å². The van der Waals surface area contributed by atoms with E-state index in [2.05, 4.69) is 18.7 Å². The highest BCUT2D eigenvalue weighted by molar-refractivity contribution is 6.36. The minimum absolute atomic E-state index is 0.336. The Balaban J connectivity index is 2.65. The van der Waals surface area contributed by atoms with Crippen LogP contribution in [0.1, 0.15) is 26.3 Å². The highest BCUT2D eigenvalue weighted by atomic mass is 35.5. The second-order valence-corrected chi connectivity index (χ2v) is 4.77. The Morgan fingerprint density at radius 3 is 2.47 bits per heavy atom. The van der Waals surface area contributed by atoms with E-state index in [0.717, 1.165) is 24.2 Å². The van der Waals surface area contributed by atoms with Crippen LogP contribution >= 0.6 is 11.6 Å². The molecule has 0 saturated heterocycles. The Morgan fingerprint density at radius 1 is 1.21 bits per heavy atom. The SMILES string of the molecule is CCc1c(Cl)c2ccc(N(CC)CC)cc2oc1=O. The number of hydrogen-bond acceptors (Lipinski definition) is 3. The molecule has 0 saturated carbocycles. The van der Waals surface area contributed by atoms with E-state index >= 15 is 0 Å². The van der Waals surface area contributed by atoms with Crippen molar-refractivity contribution in [2.45, 2.75) is 27.2 Å². The van der Waals surface area contributed by atoms with Gasteiger partial charge in [-0.3, -0.25) is 0 Å². The molecule has 0 unspecified atom stereocenters. The fourth-order valence-corrected chi connectivity index (χ4v) is 2.64. The fraction of sp³-hybridized carbons (Fsp3) is 0.400. The molecule has 102 valence electrons. The lowest BCUT2D eigenvalue weighted by atomic mass is 10.1. The molecule has 1 aromatic carbocycles. The van der Waals surface area contributed by atoms with Gasteiger partial charge in [0.05, 0.1) is 10.6 Å². The Morgan fingerprint density at radius 2 is 1.89 bits per heavy atom. The maximum Gasteiger partial charge on any atom is 0.340 e. The van der Waals surface area contributed by atoms with Crippen LogP contribution in [0, 0.1) is 0 Å². The molecular weight excluding hydrogens is 262 g/mol. The van der Waals surface area contributed by atoms with Crippen molar-refractivity contribution in [1.29, 1.82) is 0 Å². The summed E-state index contributed by atoms with van der Waals surface area (Å²) in [6.45, 7) is 7.91. The van der Waals surface area contributed by atoms with Crippen molar-refractivity contribution in [2.75, 3.05) is 18.0 Å². The zero-order chi connectivity index (χ0) is 14.0. The van der Waals surface area contributed by atoms with Crippen molar-refractivity contribution in [3.8, 4) is 0 Å². The Bertz CT molecular complexity index is 644. The summed E-state index contributed by atoms with van der Waals surface area (Å²) in [4.78, 5) is 14.0. The monoisotopic (exact) mass is 279 g/mol. The highest BCUT2D eigenvalue weighted by Gasteiger charge is 2.12. The summed E-state index contributed by atoms with van der Waals surface area (Å²) in [7, 11) is 0. The molecule has 0 aliphatic heterocycles. The minimum Gasteiger partial charge on any atom is -0.422 e. The third kappa shape index (κ3) is 2.47. The molecule has 0 atom stereocenters. The third-order valence-electron chi connectivity index (χ3n) is 3.40. The van der Waals surface area contributed by atoms with Gasteiger partial charge in [-0.1, -0.05) is 18.5 Å². The molecule has 0 aliphatic rings. The van der Waals surface area contributed by atoms with Gasteiger partial charge in [0.15, 0.2) is 0 Å². The molecular formula is C15H18ClNO2. The summed E-state index contributed by atoms with van der Waals surface area (Å²) in [5.41, 5.74) is 1.80. The van der Waals surface area contributed by atoms with E-state index in [4.69, 9.17) is 16.0 Å². The Hall–Kier alpha value is -1.48. The molecule has 0 bridgehead atoms. The highest BCUT2D eigenvalue weighted by Crippen LogP contribution is 2.28. The predicted octanol–water partition coefficient (Wildman–Crippen LogP) is 3.86. The number of anilines is 1. The first-order chi connectivity index (χ1) is 9.12. The van der Waals surface area contributed by atoms with E-state index in [9.17, 15) is 4.79 Å². The Labute approximate surface area is 117 Å². The zero-order valence-corrected chi connectivity index (χ0v) is 12.3. The normalized spacial score (nSPS) is 10.9. The maximum absolute atomic E-state index is 11.8. The van der Waals surface area contributed by atoms with Crippen LogP contribution in [0.15, 0.2) is 27.4 Å². The van der Waals surface area contributed by atoms with Crippen molar-refractivity contribution >= 4 is 28.3 Å². The summed E-state index contributed by atoms with van der Waals surface area (Å²) in [5.74, 6) is 0. The van der Waals surface area contributed by atoms with Gasteiger partial charge in [-0.2, -0.15) is 0 Å². The number of fused-ring (bicyclic) bond motifs is 1. The molecule has 0 amide bonds. The lowest BCUT2D eigenvalue weighted by molar-refractivity contribution is 0.551. The number of rotatable bonds is 4. The van der Waals surface area contributed by atoms with Gasteiger partial charge in [-0.15, -0.1) is 0 Å². The molecule has 1 heterocycles. The fourth-order valence-electron chi connectivity index (χ4n) is 2.28. The van der Waals surface area contributed by atoms with Crippen LogP contribution in [0.25, 0.3) is 11.0 Å². The second kappa shape index (κ2) is 5.66. The first kappa shape index (κ1) is 13.9. The molecule has 2 rings (SSSR count). The molecule has 0 fully saturated rings. The summed E-state index contributed by atoms with van der Waals surface area (Å²) in [6.07, 6.45) is 0.578. The van der Waals surface area contributed by atoms with Crippen LogP contribution in [-0.4, -0.2) is 13.1 Å². The van der Waals surface area contributed by atoms with Crippen LogP contribution in [0.2, 0.25) is 5.02 Å². The van der Waals surface area contributed by atoms with E-state index in [1.54, 1.807) is 0 Å². The van der Waals surface area contributed by atoms with Gasteiger partial charge < -0.3 is 9.32 Å². The van der Waals surface area contributed by atoms with E-state index in [1.807, 2.05) is 25.1 Å². The molecule has 19 heavy (non-hydrogen) atoms. The van der Waals surface area contributed by atoms with Crippen molar-refractivity contribution in [3.05, 3.63) is 39.2 Å². The van der Waals surface area contributed by atoms with Crippen LogP contribution < -0.4 is 10.5 Å². The second-order valence-electron chi connectivity index (χ2n) is 4.39. The maximum atomic E-state index is 11.8. The number of nitrogens with zero attached hydrogens (tertiary/aromatic N) is 1. The zero-order valence-electron chi connectivity index (χ0n) is 11.5. The summed E-state index contributed by atoms with van der Waals surface area (Å²) < 4.78 is 5.38. The van der Waals surface area contributed by atoms with Gasteiger partial charge in [-0.25, -0.2) is 4.79 Å². The van der Waals surface area contributed by atoms with Crippen molar-refractivity contribution in [2.24, 2.45) is 0 Å². The van der Waals surface area contributed by atoms with Crippen LogP contribution in [0.5, 0.6) is 0 Å². The van der Waals surface area contributed by atoms with Gasteiger partial charge in [0.1, 0.15) is 5.58 Å². The van der Waals surface area contributed by atoms with E-state index < -0.39 is 0 Å². The van der Waals surface area contributed by atoms with Crippen LogP contribution in [-0.2, 0) is 6.42 Å². The molecule has 0 N–H and O–H groups in total. The van der Waals surface area contributed by atoms with Gasteiger partial charge in [0.2, 0.25) is 0 Å². The van der Waals surface area contributed by atoms with Gasteiger partial charge in [0, 0.05) is 30.2 Å². The standard InChI is InChI=1S/C15H18ClNO2/c1-4-11-14(16)12-8-7-10(17(5-2)6-3)9-13(12)19-15(11)18/h7-9H,4-6H2,1-3H3. The summed E-state index contributed by atoms with van der Waals surface area (Å²) in [6, 6.07) is 5.82. The largest absolute Gasteiger partial charge is 0.422 e. The van der Waals surface area contributed by atoms with E-state index in [0.29, 0.717) is 22.6 Å². The quantitative estimate of drug-likeness (QED) is 0.797. The van der Waals surface area contributed by atoms with Crippen LogP contribution in [0.4, 0.5) is 5.69 Å². The number of hydrogen-bond donors (Lipinski definition) is 0. The lowest BCUT2D eigenvalue weighted by Gasteiger charge is -2.21. The summed E-state index contributed by atoms with van der Waals surface area (Å²) in [5, 5.41) is 1.31. The third-order valence-corrected chi connectivity index (χ3v) is 3.83. The molecule has 0 radical (unpaired) electrons. The molecule has 4 heteroatoms. The number of halogens is 1. The summed E-state index contributed by atoms with van der Waals surface area (Å²) >= 11 is 6.27. The molecule has 2 aromatic rings. The molecule has 0 aliphatic carbocycles. The van der Waals surface area contributed by atoms with Crippen molar-refractivity contribution < 1.29 is 4.42 Å². The molecule has 1 aromatic heterocycles. The average Bonchev–Trinajstić information content (AvgIpc) is 2.40. The smallest absolute Gasteiger partial charge is 0.340 e. The van der Waals surface area contributed by atoms with Crippen molar-refractivity contribution in [1.82, 2.24) is 0 Å². The molecule has 3 nitrogen and oxygen atoms in total. The van der Waals surface area contributed by atoms with E-state index in [1.165, 1.54) is 0 Å². The first-order valence-electron chi connectivity index (χ1n) is 6.62. The van der Waals surface area contributed by atoms with Crippen molar-refractivity contribution in [3.63, 3.8) is 0 Å². The minimum atomic E-state index is -0.336.